The first-order chi connectivity index (χ1) is 16.7. The van der Waals surface area contributed by atoms with Gasteiger partial charge in [-0.05, 0) is 40.5 Å². The fraction of sp³-hybridized carbons (Fsp3) is 0.400. The molecule has 0 spiro atoms. The molecule has 9 nitrogen and oxygen atoms in total. The highest BCUT2D eigenvalue weighted by Crippen LogP contribution is 2.29. The molecule has 0 saturated carbocycles. The highest BCUT2D eigenvalue weighted by atomic mass is 16.1. The van der Waals surface area contributed by atoms with Gasteiger partial charge in [0.25, 0.3) is 0 Å². The highest BCUT2D eigenvalue weighted by molar-refractivity contribution is 5.92. The van der Waals surface area contributed by atoms with Gasteiger partial charge in [-0.3, -0.25) is 9.78 Å². The molecule has 4 aromatic rings. The van der Waals surface area contributed by atoms with Gasteiger partial charge in [0.2, 0.25) is 11.6 Å². The van der Waals surface area contributed by atoms with Crippen LogP contribution in [0.4, 0.5) is 0 Å². The summed E-state index contributed by atoms with van der Waals surface area (Å²) in [5, 5.41) is 18.8. The number of aromatic amines is 1. The molecule has 9 heteroatoms. The van der Waals surface area contributed by atoms with Crippen molar-refractivity contribution in [1.82, 2.24) is 40.4 Å². The van der Waals surface area contributed by atoms with Crippen LogP contribution in [0.2, 0.25) is 0 Å². The number of carbonyl (C=O) groups excluding carboxylic acids is 1. The number of aryl methyl sites for hydroxylation is 1. The standard InChI is InChI=1S/C25H30N8O/c1-3-5-7-15-33-23(27-25(30-33)22(34)8-6-4-2)16-18-9-11-19(12-10-18)21-17-26-14-13-20(21)24-28-31-32-29-24/h9-14,17H,3-8,15-16H2,1-2H3,(H,28,29,31,32). The smallest absolute Gasteiger partial charge is 0.217 e. The zero-order valence-corrected chi connectivity index (χ0v) is 19.7. The van der Waals surface area contributed by atoms with E-state index >= 15 is 0 Å². The van der Waals surface area contributed by atoms with Gasteiger partial charge in [0, 0.05) is 42.9 Å². The van der Waals surface area contributed by atoms with Crippen LogP contribution >= 0.6 is 0 Å². The minimum Gasteiger partial charge on any atom is -0.291 e. The van der Waals surface area contributed by atoms with E-state index in [9.17, 15) is 4.79 Å². The summed E-state index contributed by atoms with van der Waals surface area (Å²) in [7, 11) is 0. The topological polar surface area (TPSA) is 115 Å². The first kappa shape index (κ1) is 23.4. The molecular formula is C25H30N8O. The third-order valence-corrected chi connectivity index (χ3v) is 5.78. The molecule has 1 aromatic carbocycles. The lowest BCUT2D eigenvalue weighted by Gasteiger charge is -2.08. The van der Waals surface area contributed by atoms with E-state index in [1.54, 1.807) is 6.20 Å². The number of Topliss-reactive ketones (excluding diaryl/α,β-unsaturated/α-hetero) is 1. The van der Waals surface area contributed by atoms with Crippen molar-refractivity contribution < 1.29 is 4.79 Å². The molecule has 0 aliphatic heterocycles. The summed E-state index contributed by atoms with van der Waals surface area (Å²) >= 11 is 0. The quantitative estimate of drug-likeness (QED) is 0.242. The summed E-state index contributed by atoms with van der Waals surface area (Å²) in [4.78, 5) is 21.4. The predicted octanol–water partition coefficient (Wildman–Crippen LogP) is 4.67. The minimum absolute atomic E-state index is 0.0266. The number of benzene rings is 1. The number of unbranched alkanes of at least 4 members (excludes halogenated alkanes) is 3. The van der Waals surface area contributed by atoms with E-state index in [0.29, 0.717) is 24.5 Å². The second-order valence-electron chi connectivity index (χ2n) is 8.35. The van der Waals surface area contributed by atoms with Gasteiger partial charge in [0.05, 0.1) is 0 Å². The van der Waals surface area contributed by atoms with E-state index < -0.39 is 0 Å². The van der Waals surface area contributed by atoms with E-state index in [1.807, 2.05) is 16.9 Å². The van der Waals surface area contributed by atoms with Crippen LogP contribution in [-0.2, 0) is 13.0 Å². The first-order valence-electron chi connectivity index (χ1n) is 11.9. The fourth-order valence-electron chi connectivity index (χ4n) is 3.85. The number of rotatable bonds is 12. The monoisotopic (exact) mass is 458 g/mol. The van der Waals surface area contributed by atoms with Crippen molar-refractivity contribution >= 4 is 5.78 Å². The summed E-state index contributed by atoms with van der Waals surface area (Å²) < 4.78 is 1.92. The average Bonchev–Trinajstić information content (AvgIpc) is 3.54. The fourth-order valence-corrected chi connectivity index (χ4v) is 3.85. The summed E-state index contributed by atoms with van der Waals surface area (Å²) in [5.41, 5.74) is 3.95. The second-order valence-corrected chi connectivity index (χ2v) is 8.35. The largest absolute Gasteiger partial charge is 0.291 e. The van der Waals surface area contributed by atoms with Gasteiger partial charge in [-0.2, -0.15) is 0 Å². The Morgan fingerprint density at radius 3 is 2.56 bits per heavy atom. The third-order valence-electron chi connectivity index (χ3n) is 5.78. The molecule has 176 valence electrons. The van der Waals surface area contributed by atoms with Crippen LogP contribution in [0.25, 0.3) is 22.5 Å². The van der Waals surface area contributed by atoms with Crippen LogP contribution < -0.4 is 0 Å². The van der Waals surface area contributed by atoms with E-state index in [4.69, 9.17) is 0 Å². The molecule has 0 atom stereocenters. The Kier molecular flexibility index (Phi) is 7.85. The lowest BCUT2D eigenvalue weighted by atomic mass is 9.99. The molecule has 0 aliphatic rings. The third kappa shape index (κ3) is 5.59. The van der Waals surface area contributed by atoms with E-state index in [-0.39, 0.29) is 5.78 Å². The highest BCUT2D eigenvalue weighted by Gasteiger charge is 2.17. The van der Waals surface area contributed by atoms with Crippen molar-refractivity contribution in [3.8, 4) is 22.5 Å². The number of ketones is 1. The van der Waals surface area contributed by atoms with Gasteiger partial charge >= 0.3 is 0 Å². The molecule has 0 saturated heterocycles. The zero-order chi connectivity index (χ0) is 23.8. The van der Waals surface area contributed by atoms with Crippen LogP contribution in [0, 0.1) is 0 Å². The minimum atomic E-state index is 0.0266. The van der Waals surface area contributed by atoms with Crippen molar-refractivity contribution in [2.45, 2.75) is 65.3 Å². The van der Waals surface area contributed by atoms with Gasteiger partial charge < -0.3 is 0 Å². The Labute approximate surface area is 199 Å². The molecule has 3 aromatic heterocycles. The number of H-pyrrole nitrogens is 1. The number of aromatic nitrogens is 8. The normalized spacial score (nSPS) is 11.1. The van der Waals surface area contributed by atoms with Crippen LogP contribution in [0.15, 0.2) is 42.7 Å². The molecule has 0 bridgehead atoms. The van der Waals surface area contributed by atoms with E-state index in [0.717, 1.165) is 66.7 Å². The van der Waals surface area contributed by atoms with Crippen molar-refractivity contribution in [1.29, 1.82) is 0 Å². The molecule has 0 unspecified atom stereocenters. The maximum atomic E-state index is 12.5. The number of hydrogen-bond acceptors (Lipinski definition) is 7. The molecule has 4 rings (SSSR count). The number of nitrogens with one attached hydrogen (secondary N) is 1. The molecule has 3 heterocycles. The summed E-state index contributed by atoms with van der Waals surface area (Å²) in [6.45, 7) is 5.03. The lowest BCUT2D eigenvalue weighted by Crippen LogP contribution is -2.07. The zero-order valence-electron chi connectivity index (χ0n) is 19.7. The van der Waals surface area contributed by atoms with Gasteiger partial charge in [-0.1, -0.05) is 57.4 Å². The molecule has 0 aliphatic carbocycles. The van der Waals surface area contributed by atoms with Crippen LogP contribution in [0.5, 0.6) is 0 Å². The van der Waals surface area contributed by atoms with Crippen LogP contribution in [0.1, 0.15) is 74.4 Å². The lowest BCUT2D eigenvalue weighted by molar-refractivity contribution is 0.0969. The molecule has 0 fully saturated rings. The van der Waals surface area contributed by atoms with Gasteiger partial charge in [-0.25, -0.2) is 14.8 Å². The van der Waals surface area contributed by atoms with Crippen LogP contribution in [0.3, 0.4) is 0 Å². The predicted molar refractivity (Wildman–Crippen MR) is 129 cm³/mol. The van der Waals surface area contributed by atoms with Crippen molar-refractivity contribution in [2.75, 3.05) is 0 Å². The SMILES string of the molecule is CCCCCn1nc(C(=O)CCCC)nc1Cc1ccc(-c2cnccc2-c2nnn[nH]2)cc1. The molecular weight excluding hydrogens is 428 g/mol. The van der Waals surface area contributed by atoms with E-state index in [1.165, 1.54) is 0 Å². The number of pyridine rings is 1. The Morgan fingerprint density at radius 1 is 1.00 bits per heavy atom. The molecule has 0 radical (unpaired) electrons. The summed E-state index contributed by atoms with van der Waals surface area (Å²) in [6.07, 6.45) is 9.77. The maximum absolute atomic E-state index is 12.5. The Balaban J connectivity index is 1.55. The summed E-state index contributed by atoms with van der Waals surface area (Å²) in [5.74, 6) is 1.80. The average molecular weight is 459 g/mol. The van der Waals surface area contributed by atoms with E-state index in [2.05, 4.69) is 73.8 Å². The number of tetrazole rings is 1. The second kappa shape index (κ2) is 11.4. The van der Waals surface area contributed by atoms with Crippen molar-refractivity contribution in [2.24, 2.45) is 0 Å². The summed E-state index contributed by atoms with van der Waals surface area (Å²) in [6, 6.07) is 10.2. The number of hydrogen-bond donors (Lipinski definition) is 1. The van der Waals surface area contributed by atoms with Crippen LogP contribution in [-0.4, -0.2) is 46.2 Å². The van der Waals surface area contributed by atoms with Gasteiger partial charge in [-0.15, -0.1) is 10.2 Å². The Hall–Kier alpha value is -3.75. The van der Waals surface area contributed by atoms with Gasteiger partial charge in [0.15, 0.2) is 5.82 Å². The molecule has 34 heavy (non-hydrogen) atoms. The molecule has 1 N–H and O–H groups in total. The maximum Gasteiger partial charge on any atom is 0.217 e. The van der Waals surface area contributed by atoms with Crippen molar-refractivity contribution in [3.63, 3.8) is 0 Å². The van der Waals surface area contributed by atoms with Gasteiger partial charge in [0.1, 0.15) is 5.82 Å². The Bertz CT molecular complexity index is 1200. The Morgan fingerprint density at radius 2 is 1.82 bits per heavy atom. The number of carbonyl (C=O) groups is 1. The first-order valence-corrected chi connectivity index (χ1v) is 11.9. The molecule has 0 amide bonds. The number of nitrogens with zero attached hydrogens (tertiary/aromatic N) is 7. The van der Waals surface area contributed by atoms with Crippen molar-refractivity contribution in [3.05, 3.63) is 59.9 Å².